The Morgan fingerprint density at radius 2 is 2.08 bits per heavy atom. The van der Waals surface area contributed by atoms with Gasteiger partial charge in [-0.2, -0.15) is 4.98 Å². The largest absolute Gasteiger partial charge is 0.334 e. The third-order valence-corrected chi connectivity index (χ3v) is 5.81. The molecule has 0 atom stereocenters. The molecule has 6 nitrogen and oxygen atoms in total. The van der Waals surface area contributed by atoms with Crippen molar-refractivity contribution in [3.63, 3.8) is 0 Å². The van der Waals surface area contributed by atoms with Crippen LogP contribution in [0.2, 0.25) is 5.02 Å². The number of thioether (sulfide) groups is 1. The maximum absolute atomic E-state index is 5.90. The van der Waals surface area contributed by atoms with Gasteiger partial charge in [0.15, 0.2) is 11.0 Å². The Morgan fingerprint density at radius 1 is 1.19 bits per heavy atom. The second-order valence-electron chi connectivity index (χ2n) is 5.45. The summed E-state index contributed by atoms with van der Waals surface area (Å²) >= 11 is 9.20. The molecule has 0 fully saturated rings. The minimum absolute atomic E-state index is 0.483. The molecule has 1 aromatic carbocycles. The molecule has 9 heteroatoms. The van der Waals surface area contributed by atoms with Crippen molar-refractivity contribution >= 4 is 34.7 Å². The molecule has 3 heterocycles. The van der Waals surface area contributed by atoms with Crippen LogP contribution in [0, 0.1) is 0 Å². The molecule has 0 radical (unpaired) electrons. The molecule has 0 bridgehead atoms. The van der Waals surface area contributed by atoms with E-state index in [1.165, 1.54) is 4.88 Å². The quantitative estimate of drug-likeness (QED) is 0.421. The molecule has 4 rings (SSSR count). The van der Waals surface area contributed by atoms with Gasteiger partial charge in [0, 0.05) is 22.0 Å². The van der Waals surface area contributed by atoms with E-state index >= 15 is 0 Å². The summed E-state index contributed by atoms with van der Waals surface area (Å²) in [6.45, 7) is 0.845. The fourth-order valence-electron chi connectivity index (χ4n) is 2.35. The Bertz CT molecular complexity index is 965. The summed E-state index contributed by atoms with van der Waals surface area (Å²) in [5, 5.41) is 15.8. The van der Waals surface area contributed by atoms with Crippen LogP contribution in [0.1, 0.15) is 10.7 Å². The summed E-state index contributed by atoms with van der Waals surface area (Å²) in [4.78, 5) is 5.78. The molecule has 0 saturated heterocycles. The van der Waals surface area contributed by atoms with Crippen LogP contribution in [0.3, 0.4) is 0 Å². The number of nitrogens with zero attached hydrogens (tertiary/aromatic N) is 5. The average Bonchev–Trinajstić information content (AvgIpc) is 3.40. The Morgan fingerprint density at radius 3 is 2.88 bits per heavy atom. The summed E-state index contributed by atoms with van der Waals surface area (Å²) in [6.07, 6.45) is 2.72. The van der Waals surface area contributed by atoms with E-state index in [1.54, 1.807) is 41.6 Å². The monoisotopic (exact) mass is 403 g/mol. The van der Waals surface area contributed by atoms with Gasteiger partial charge in [0.1, 0.15) is 6.33 Å². The summed E-state index contributed by atoms with van der Waals surface area (Å²) in [7, 11) is 0. The molecule has 0 unspecified atom stereocenters. The van der Waals surface area contributed by atoms with E-state index in [-0.39, 0.29) is 0 Å². The predicted molar refractivity (Wildman–Crippen MR) is 102 cm³/mol. The van der Waals surface area contributed by atoms with Crippen LogP contribution in [0.4, 0.5) is 0 Å². The second kappa shape index (κ2) is 8.03. The van der Waals surface area contributed by atoms with Crippen LogP contribution in [0.25, 0.3) is 11.5 Å². The molecule has 4 aromatic rings. The number of rotatable bonds is 7. The zero-order chi connectivity index (χ0) is 17.8. The lowest BCUT2D eigenvalue weighted by Crippen LogP contribution is -2.01. The van der Waals surface area contributed by atoms with Gasteiger partial charge in [-0.05, 0) is 42.1 Å². The van der Waals surface area contributed by atoms with Crippen LogP contribution < -0.4 is 0 Å². The van der Waals surface area contributed by atoms with Crippen LogP contribution in [-0.4, -0.2) is 24.9 Å². The second-order valence-corrected chi connectivity index (χ2v) is 7.86. The highest BCUT2D eigenvalue weighted by molar-refractivity contribution is 7.98. The Kier molecular flexibility index (Phi) is 5.33. The van der Waals surface area contributed by atoms with E-state index in [0.717, 1.165) is 23.7 Å². The summed E-state index contributed by atoms with van der Waals surface area (Å²) < 4.78 is 7.37. The van der Waals surface area contributed by atoms with E-state index in [1.807, 2.05) is 16.7 Å². The Balaban J connectivity index is 1.37. The summed E-state index contributed by atoms with van der Waals surface area (Å²) in [6, 6.07) is 11.5. The van der Waals surface area contributed by atoms with Crippen molar-refractivity contribution in [2.75, 3.05) is 0 Å². The standard InChI is InChI=1S/C17H14ClN5OS2/c18-13-5-3-12(4-6-13)16-20-15(22-24-16)10-26-17-21-19-11-23(17)8-7-14-2-1-9-25-14/h1-6,9,11H,7-8,10H2. The molecule has 0 aliphatic carbocycles. The Hall–Kier alpha value is -2.16. The summed E-state index contributed by atoms with van der Waals surface area (Å²) in [5.74, 6) is 1.67. The van der Waals surface area contributed by atoms with E-state index in [9.17, 15) is 0 Å². The van der Waals surface area contributed by atoms with Gasteiger partial charge < -0.3 is 9.09 Å². The van der Waals surface area contributed by atoms with E-state index in [0.29, 0.717) is 22.5 Å². The number of aromatic nitrogens is 5. The fraction of sp³-hybridized carbons (Fsp3) is 0.176. The normalized spacial score (nSPS) is 11.1. The molecular formula is C17H14ClN5OS2. The molecule has 0 amide bonds. The highest BCUT2D eigenvalue weighted by atomic mass is 35.5. The van der Waals surface area contributed by atoms with Crippen LogP contribution in [0.5, 0.6) is 0 Å². The first-order valence-electron chi connectivity index (χ1n) is 7.89. The molecule has 0 saturated carbocycles. The van der Waals surface area contributed by atoms with E-state index < -0.39 is 0 Å². The summed E-state index contributed by atoms with van der Waals surface area (Å²) in [5.41, 5.74) is 0.845. The van der Waals surface area contributed by atoms with Crippen LogP contribution in [-0.2, 0) is 18.7 Å². The first-order chi connectivity index (χ1) is 12.8. The van der Waals surface area contributed by atoms with Gasteiger partial charge in [0.2, 0.25) is 0 Å². The molecule has 0 aliphatic rings. The van der Waals surface area contributed by atoms with Crippen LogP contribution in [0.15, 0.2) is 57.8 Å². The zero-order valence-electron chi connectivity index (χ0n) is 13.6. The zero-order valence-corrected chi connectivity index (χ0v) is 16.0. The van der Waals surface area contributed by atoms with Crippen molar-refractivity contribution in [2.45, 2.75) is 23.9 Å². The predicted octanol–water partition coefficient (Wildman–Crippen LogP) is 4.58. The van der Waals surface area contributed by atoms with E-state index in [4.69, 9.17) is 16.1 Å². The molecule has 3 aromatic heterocycles. The molecule has 0 aliphatic heterocycles. The van der Waals surface area contributed by atoms with Crippen molar-refractivity contribution in [3.05, 3.63) is 63.8 Å². The fourth-order valence-corrected chi connectivity index (χ4v) is 3.96. The van der Waals surface area contributed by atoms with Crippen molar-refractivity contribution in [2.24, 2.45) is 0 Å². The lowest BCUT2D eigenvalue weighted by atomic mass is 10.2. The average molecular weight is 404 g/mol. The SMILES string of the molecule is Clc1ccc(-c2nc(CSc3nncn3CCc3cccs3)no2)cc1. The number of thiophene rings is 1. The van der Waals surface area contributed by atoms with Gasteiger partial charge in [0.25, 0.3) is 5.89 Å². The molecule has 132 valence electrons. The minimum atomic E-state index is 0.483. The van der Waals surface area contributed by atoms with Gasteiger partial charge >= 0.3 is 0 Å². The smallest absolute Gasteiger partial charge is 0.257 e. The first kappa shape index (κ1) is 17.3. The number of hydrogen-bond acceptors (Lipinski definition) is 7. The maximum Gasteiger partial charge on any atom is 0.257 e. The van der Waals surface area contributed by atoms with Gasteiger partial charge in [-0.3, -0.25) is 0 Å². The number of benzene rings is 1. The topological polar surface area (TPSA) is 69.6 Å². The van der Waals surface area contributed by atoms with Crippen LogP contribution >= 0.6 is 34.7 Å². The van der Waals surface area contributed by atoms with Crippen molar-refractivity contribution in [1.82, 2.24) is 24.9 Å². The third kappa shape index (κ3) is 4.14. The van der Waals surface area contributed by atoms with Gasteiger partial charge in [-0.1, -0.05) is 34.6 Å². The lowest BCUT2D eigenvalue weighted by molar-refractivity contribution is 0.425. The maximum atomic E-state index is 5.90. The highest BCUT2D eigenvalue weighted by Gasteiger charge is 2.12. The van der Waals surface area contributed by atoms with Gasteiger partial charge in [-0.25, -0.2) is 0 Å². The molecule has 26 heavy (non-hydrogen) atoms. The van der Waals surface area contributed by atoms with E-state index in [2.05, 4.69) is 37.9 Å². The third-order valence-electron chi connectivity index (χ3n) is 3.65. The molecule has 0 spiro atoms. The van der Waals surface area contributed by atoms with Gasteiger partial charge in [-0.15, -0.1) is 21.5 Å². The lowest BCUT2D eigenvalue weighted by Gasteiger charge is -2.03. The van der Waals surface area contributed by atoms with Gasteiger partial charge in [0.05, 0.1) is 5.75 Å². The van der Waals surface area contributed by atoms with Crippen molar-refractivity contribution < 1.29 is 4.52 Å². The minimum Gasteiger partial charge on any atom is -0.334 e. The Labute approximate surface area is 163 Å². The highest BCUT2D eigenvalue weighted by Crippen LogP contribution is 2.23. The van der Waals surface area contributed by atoms with Crippen molar-refractivity contribution in [1.29, 1.82) is 0 Å². The van der Waals surface area contributed by atoms with Crippen molar-refractivity contribution in [3.8, 4) is 11.5 Å². The number of hydrogen-bond donors (Lipinski definition) is 0. The molecule has 0 N–H and O–H groups in total. The first-order valence-corrected chi connectivity index (χ1v) is 10.1. The molecular weight excluding hydrogens is 390 g/mol. The number of aryl methyl sites for hydroxylation is 2. The number of halogens is 1.